The second-order valence-corrected chi connectivity index (χ2v) is 4.12. The summed E-state index contributed by atoms with van der Waals surface area (Å²) in [5.74, 6) is 0.647. The maximum Gasteiger partial charge on any atom is 0.280 e. The molecular weight excluding hydrogens is 240 g/mol. The minimum atomic E-state index is -0.0817. The molecule has 0 fully saturated rings. The fraction of sp³-hybridized carbons (Fsp3) is 0.0667. The Morgan fingerprint density at radius 3 is 2.68 bits per heavy atom. The van der Waals surface area contributed by atoms with Crippen LogP contribution in [-0.4, -0.2) is 19.2 Å². The number of carbonyl (C=O) groups excluding carboxylic acids is 1. The van der Waals surface area contributed by atoms with Gasteiger partial charge in [0.15, 0.2) is 0 Å². The van der Waals surface area contributed by atoms with Gasteiger partial charge in [-0.15, -0.1) is 0 Å². The molecule has 0 saturated carbocycles. The Balaban J connectivity index is 1.87. The summed E-state index contributed by atoms with van der Waals surface area (Å²) in [5.41, 5.74) is 2.38. The number of methoxy groups -OCH3 is 1. The number of carbonyl (C=O) groups is 1. The largest absolute Gasteiger partial charge is 0.496 e. The van der Waals surface area contributed by atoms with Crippen LogP contribution in [-0.2, 0) is 0 Å². The third-order valence-corrected chi connectivity index (χ3v) is 3.01. The van der Waals surface area contributed by atoms with E-state index in [0.717, 1.165) is 17.0 Å². The van der Waals surface area contributed by atoms with Gasteiger partial charge in [0.05, 0.1) is 24.6 Å². The molecule has 94 valence electrons. The van der Waals surface area contributed by atoms with Crippen molar-refractivity contribution >= 4 is 17.8 Å². The molecule has 0 atom stereocenters. The summed E-state index contributed by atoms with van der Waals surface area (Å²) < 4.78 is 5.23. The summed E-state index contributed by atoms with van der Waals surface area (Å²) in [6.45, 7) is 0. The first kappa shape index (κ1) is 11.5. The molecule has 3 rings (SSSR count). The second kappa shape index (κ2) is 4.57. The van der Waals surface area contributed by atoms with Crippen LogP contribution in [0.3, 0.4) is 0 Å². The predicted octanol–water partition coefficient (Wildman–Crippen LogP) is 2.69. The standard InChI is InChI=1S/C15H12N2O2/c1-19-14-9-5-2-6-11(14)10-16-17-13-8-4-3-7-12(13)15(17)18/h2-10H,1H3/b16-10-. The lowest BCUT2D eigenvalue weighted by molar-refractivity contribution is 0.0967. The summed E-state index contributed by atoms with van der Waals surface area (Å²) in [5, 5.41) is 5.60. The van der Waals surface area contributed by atoms with Crippen molar-refractivity contribution in [2.45, 2.75) is 0 Å². The normalized spacial score (nSPS) is 13.3. The van der Waals surface area contributed by atoms with Crippen LogP contribution in [0.4, 0.5) is 5.69 Å². The lowest BCUT2D eigenvalue weighted by atomic mass is 10.1. The Labute approximate surface area is 110 Å². The Hall–Kier alpha value is -2.62. The van der Waals surface area contributed by atoms with Crippen molar-refractivity contribution in [3.8, 4) is 5.75 Å². The number of rotatable bonds is 3. The van der Waals surface area contributed by atoms with Crippen molar-refractivity contribution in [1.82, 2.24) is 0 Å². The molecule has 0 spiro atoms. The molecule has 4 nitrogen and oxygen atoms in total. The number of hydrazone groups is 1. The van der Waals surface area contributed by atoms with Gasteiger partial charge in [-0.3, -0.25) is 4.79 Å². The molecule has 19 heavy (non-hydrogen) atoms. The van der Waals surface area contributed by atoms with Gasteiger partial charge in [0, 0.05) is 5.56 Å². The number of para-hydroxylation sites is 2. The van der Waals surface area contributed by atoms with Gasteiger partial charge in [-0.25, -0.2) is 0 Å². The summed E-state index contributed by atoms with van der Waals surface area (Å²) in [6, 6.07) is 14.9. The molecule has 0 aliphatic carbocycles. The van der Waals surface area contributed by atoms with Crippen LogP contribution >= 0.6 is 0 Å². The van der Waals surface area contributed by atoms with E-state index in [4.69, 9.17) is 4.74 Å². The Kier molecular flexibility index (Phi) is 2.76. The molecule has 0 radical (unpaired) electrons. The van der Waals surface area contributed by atoms with E-state index in [0.29, 0.717) is 5.56 Å². The lowest BCUT2D eigenvalue weighted by Gasteiger charge is -2.28. The number of ether oxygens (including phenoxy) is 1. The SMILES string of the molecule is COc1ccccc1/C=N\N1C(=O)c2ccccc21. The number of fused-ring (bicyclic) bond motifs is 1. The fourth-order valence-corrected chi connectivity index (χ4v) is 2.02. The van der Waals surface area contributed by atoms with Crippen molar-refractivity contribution in [3.63, 3.8) is 0 Å². The highest BCUT2D eigenvalue weighted by atomic mass is 16.5. The first-order valence-corrected chi connectivity index (χ1v) is 5.92. The van der Waals surface area contributed by atoms with Crippen molar-refractivity contribution < 1.29 is 9.53 Å². The molecule has 0 aromatic heterocycles. The first-order chi connectivity index (χ1) is 9.31. The maximum atomic E-state index is 11.8. The van der Waals surface area contributed by atoms with Crippen LogP contribution in [0.2, 0.25) is 0 Å². The molecule has 0 bridgehead atoms. The zero-order chi connectivity index (χ0) is 13.2. The number of amides is 1. The van der Waals surface area contributed by atoms with E-state index >= 15 is 0 Å². The Morgan fingerprint density at radius 2 is 1.84 bits per heavy atom. The number of hydrogen-bond acceptors (Lipinski definition) is 3. The third-order valence-electron chi connectivity index (χ3n) is 3.01. The van der Waals surface area contributed by atoms with Crippen LogP contribution < -0.4 is 9.75 Å². The molecule has 2 aromatic rings. The number of hydrogen-bond donors (Lipinski definition) is 0. The quantitative estimate of drug-likeness (QED) is 0.788. The molecule has 0 unspecified atom stereocenters. The number of benzene rings is 2. The molecule has 1 aliphatic heterocycles. The van der Waals surface area contributed by atoms with Gasteiger partial charge in [-0.1, -0.05) is 24.3 Å². The number of anilines is 1. The van der Waals surface area contributed by atoms with Gasteiger partial charge in [-0.05, 0) is 24.3 Å². The van der Waals surface area contributed by atoms with Gasteiger partial charge in [-0.2, -0.15) is 10.1 Å². The van der Waals surface area contributed by atoms with Crippen molar-refractivity contribution in [3.05, 3.63) is 59.7 Å². The summed E-state index contributed by atoms with van der Waals surface area (Å²) in [4.78, 5) is 11.8. The average Bonchev–Trinajstić information content (AvgIpc) is 2.47. The van der Waals surface area contributed by atoms with Crippen molar-refractivity contribution in [2.24, 2.45) is 5.10 Å². The van der Waals surface area contributed by atoms with E-state index in [-0.39, 0.29) is 5.91 Å². The number of nitrogens with zero attached hydrogens (tertiary/aromatic N) is 2. The van der Waals surface area contributed by atoms with Gasteiger partial charge >= 0.3 is 0 Å². The molecule has 1 aliphatic rings. The van der Waals surface area contributed by atoms with E-state index < -0.39 is 0 Å². The van der Waals surface area contributed by atoms with Gasteiger partial charge < -0.3 is 4.74 Å². The zero-order valence-electron chi connectivity index (χ0n) is 10.4. The van der Waals surface area contributed by atoms with Crippen molar-refractivity contribution in [1.29, 1.82) is 0 Å². The molecule has 1 amide bonds. The Morgan fingerprint density at radius 1 is 1.11 bits per heavy atom. The molecule has 1 heterocycles. The molecular formula is C15H12N2O2. The highest BCUT2D eigenvalue weighted by molar-refractivity contribution is 6.19. The summed E-state index contributed by atoms with van der Waals surface area (Å²) in [6.07, 6.45) is 1.63. The lowest BCUT2D eigenvalue weighted by Crippen LogP contribution is -2.36. The molecule has 2 aromatic carbocycles. The predicted molar refractivity (Wildman–Crippen MR) is 73.8 cm³/mol. The Bertz CT molecular complexity index is 665. The van der Waals surface area contributed by atoms with E-state index in [1.165, 1.54) is 5.01 Å². The highest BCUT2D eigenvalue weighted by Gasteiger charge is 2.31. The summed E-state index contributed by atoms with van der Waals surface area (Å²) in [7, 11) is 1.61. The third kappa shape index (κ3) is 1.87. The maximum absolute atomic E-state index is 11.8. The van der Waals surface area contributed by atoms with E-state index in [1.807, 2.05) is 42.5 Å². The molecule has 4 heteroatoms. The van der Waals surface area contributed by atoms with Crippen LogP contribution in [0, 0.1) is 0 Å². The van der Waals surface area contributed by atoms with E-state index in [2.05, 4.69) is 5.10 Å². The molecule has 0 N–H and O–H groups in total. The summed E-state index contributed by atoms with van der Waals surface area (Å²) >= 11 is 0. The zero-order valence-corrected chi connectivity index (χ0v) is 10.4. The highest BCUT2D eigenvalue weighted by Crippen LogP contribution is 2.32. The van der Waals surface area contributed by atoms with Crippen molar-refractivity contribution in [2.75, 3.05) is 12.1 Å². The topological polar surface area (TPSA) is 41.9 Å². The van der Waals surface area contributed by atoms with E-state index in [1.54, 1.807) is 19.4 Å². The van der Waals surface area contributed by atoms with E-state index in [9.17, 15) is 4.79 Å². The van der Waals surface area contributed by atoms with Gasteiger partial charge in [0.25, 0.3) is 5.91 Å². The van der Waals surface area contributed by atoms with Crippen LogP contribution in [0.1, 0.15) is 15.9 Å². The van der Waals surface area contributed by atoms with Crippen LogP contribution in [0.5, 0.6) is 5.75 Å². The molecule has 0 saturated heterocycles. The second-order valence-electron chi connectivity index (χ2n) is 4.12. The smallest absolute Gasteiger partial charge is 0.280 e. The minimum absolute atomic E-state index is 0.0817. The average molecular weight is 252 g/mol. The minimum Gasteiger partial charge on any atom is -0.496 e. The fourth-order valence-electron chi connectivity index (χ4n) is 2.02. The van der Waals surface area contributed by atoms with Crippen LogP contribution in [0.25, 0.3) is 0 Å². The first-order valence-electron chi connectivity index (χ1n) is 5.92. The van der Waals surface area contributed by atoms with Gasteiger partial charge in [0.2, 0.25) is 0 Å². The van der Waals surface area contributed by atoms with Crippen LogP contribution in [0.15, 0.2) is 53.6 Å². The monoisotopic (exact) mass is 252 g/mol. The van der Waals surface area contributed by atoms with Gasteiger partial charge in [0.1, 0.15) is 5.75 Å².